The summed E-state index contributed by atoms with van der Waals surface area (Å²) < 4.78 is 5.73. The number of rotatable bonds is 11. The van der Waals surface area contributed by atoms with E-state index in [9.17, 15) is 9.59 Å². The fraction of sp³-hybridized carbons (Fsp3) is 0.435. The highest BCUT2D eigenvalue weighted by Gasteiger charge is 2.26. The minimum Gasteiger partial charge on any atom is -0.477 e. The number of carbonyl (C=O) groups excluding carboxylic acids is 2. The molecule has 2 rings (SSSR count). The molecule has 0 aliphatic rings. The average Bonchev–Trinajstić information content (AvgIpc) is 2.76. The highest BCUT2D eigenvalue weighted by Crippen LogP contribution is 2.15. The fourth-order valence-corrected chi connectivity index (χ4v) is 2.81. The number of amides is 2. The van der Waals surface area contributed by atoms with Gasteiger partial charge < -0.3 is 15.4 Å². The molecule has 0 aliphatic carbocycles. The molecule has 0 aliphatic heterocycles. The number of ether oxygens (including phenoxy) is 1. The second-order valence-corrected chi connectivity index (χ2v) is 7.09. The summed E-state index contributed by atoms with van der Waals surface area (Å²) in [4.78, 5) is 29.7. The minimum atomic E-state index is -0.617. The molecule has 2 amide bonds. The first-order valence-electron chi connectivity index (χ1n) is 10.3. The first-order valence-corrected chi connectivity index (χ1v) is 10.3. The molecular formula is C23H31N3O3. The molecule has 1 aromatic heterocycles. The monoisotopic (exact) mass is 397 g/mol. The van der Waals surface area contributed by atoms with Gasteiger partial charge in [-0.3, -0.25) is 9.59 Å². The highest BCUT2D eigenvalue weighted by atomic mass is 16.5. The molecule has 1 aromatic carbocycles. The van der Waals surface area contributed by atoms with E-state index in [1.165, 1.54) is 0 Å². The van der Waals surface area contributed by atoms with Crippen LogP contribution in [0.15, 0.2) is 48.7 Å². The van der Waals surface area contributed by atoms with Crippen molar-refractivity contribution in [3.63, 3.8) is 0 Å². The van der Waals surface area contributed by atoms with Crippen molar-refractivity contribution in [3.8, 4) is 5.88 Å². The number of nitrogens with one attached hydrogen (secondary N) is 2. The maximum absolute atomic E-state index is 12.9. The summed E-state index contributed by atoms with van der Waals surface area (Å²) in [5.74, 6) is 0.0644. The SMILES string of the molecule is CCCCOc1ncccc1CNC(=O)C(NC(=O)c1ccccc1)C(C)CC. The lowest BCUT2D eigenvalue weighted by molar-refractivity contribution is -0.124. The van der Waals surface area contributed by atoms with Gasteiger partial charge in [0.25, 0.3) is 5.91 Å². The van der Waals surface area contributed by atoms with Gasteiger partial charge in [-0.05, 0) is 30.5 Å². The van der Waals surface area contributed by atoms with Crippen molar-refractivity contribution in [1.82, 2.24) is 15.6 Å². The molecule has 0 fully saturated rings. The third kappa shape index (κ3) is 6.89. The molecule has 1 heterocycles. The van der Waals surface area contributed by atoms with Crippen molar-refractivity contribution < 1.29 is 14.3 Å². The van der Waals surface area contributed by atoms with Crippen molar-refractivity contribution in [2.24, 2.45) is 5.92 Å². The Morgan fingerprint density at radius 1 is 1.10 bits per heavy atom. The van der Waals surface area contributed by atoms with Crippen LogP contribution < -0.4 is 15.4 Å². The van der Waals surface area contributed by atoms with E-state index in [4.69, 9.17) is 4.74 Å². The van der Waals surface area contributed by atoms with Crippen LogP contribution in [0.5, 0.6) is 5.88 Å². The van der Waals surface area contributed by atoms with Crippen LogP contribution in [0, 0.1) is 5.92 Å². The lowest BCUT2D eigenvalue weighted by Crippen LogP contribution is -2.50. The molecule has 2 unspecified atom stereocenters. The summed E-state index contributed by atoms with van der Waals surface area (Å²) in [5, 5.41) is 5.81. The van der Waals surface area contributed by atoms with Gasteiger partial charge in [0.2, 0.25) is 11.8 Å². The molecule has 0 bridgehead atoms. The zero-order valence-corrected chi connectivity index (χ0v) is 17.5. The van der Waals surface area contributed by atoms with Crippen LogP contribution in [-0.2, 0) is 11.3 Å². The van der Waals surface area contributed by atoms with Gasteiger partial charge in [0.15, 0.2) is 0 Å². The molecular weight excluding hydrogens is 366 g/mol. The number of nitrogens with zero attached hydrogens (tertiary/aromatic N) is 1. The van der Waals surface area contributed by atoms with Crippen LogP contribution >= 0.6 is 0 Å². The van der Waals surface area contributed by atoms with E-state index in [1.807, 2.05) is 32.0 Å². The van der Waals surface area contributed by atoms with Crippen molar-refractivity contribution in [3.05, 3.63) is 59.8 Å². The van der Waals surface area contributed by atoms with Crippen LogP contribution in [0.1, 0.15) is 56.0 Å². The Kier molecular flexibility index (Phi) is 9.15. The van der Waals surface area contributed by atoms with E-state index in [0.29, 0.717) is 24.6 Å². The summed E-state index contributed by atoms with van der Waals surface area (Å²) in [5.41, 5.74) is 1.35. The summed E-state index contributed by atoms with van der Waals surface area (Å²) in [7, 11) is 0. The zero-order valence-electron chi connectivity index (χ0n) is 17.5. The van der Waals surface area contributed by atoms with Gasteiger partial charge in [0, 0.05) is 23.9 Å². The number of hydrogen-bond donors (Lipinski definition) is 2. The first kappa shape index (κ1) is 22.4. The lowest BCUT2D eigenvalue weighted by atomic mass is 9.97. The predicted octanol–water partition coefficient (Wildman–Crippen LogP) is 3.72. The summed E-state index contributed by atoms with van der Waals surface area (Å²) in [6.07, 6.45) is 4.43. The Morgan fingerprint density at radius 2 is 1.86 bits per heavy atom. The molecule has 6 heteroatoms. The van der Waals surface area contributed by atoms with Gasteiger partial charge in [-0.25, -0.2) is 4.98 Å². The summed E-state index contributed by atoms with van der Waals surface area (Å²) in [6, 6.07) is 12.0. The molecule has 2 aromatic rings. The Hall–Kier alpha value is -2.89. The molecule has 2 atom stereocenters. The van der Waals surface area contributed by atoms with Crippen LogP contribution in [0.4, 0.5) is 0 Å². The van der Waals surface area contributed by atoms with Gasteiger partial charge in [-0.1, -0.05) is 57.9 Å². The molecule has 156 valence electrons. The second-order valence-electron chi connectivity index (χ2n) is 7.09. The quantitative estimate of drug-likeness (QED) is 0.566. The van der Waals surface area contributed by atoms with Gasteiger partial charge in [-0.2, -0.15) is 0 Å². The zero-order chi connectivity index (χ0) is 21.1. The van der Waals surface area contributed by atoms with Gasteiger partial charge in [0.05, 0.1) is 6.61 Å². The maximum Gasteiger partial charge on any atom is 0.251 e. The van der Waals surface area contributed by atoms with E-state index in [2.05, 4.69) is 22.5 Å². The molecule has 2 N–H and O–H groups in total. The highest BCUT2D eigenvalue weighted by molar-refractivity contribution is 5.97. The summed E-state index contributed by atoms with van der Waals surface area (Å²) >= 11 is 0. The maximum atomic E-state index is 12.9. The normalized spacial score (nSPS) is 12.7. The van der Waals surface area contributed by atoms with E-state index in [0.717, 1.165) is 24.8 Å². The van der Waals surface area contributed by atoms with Gasteiger partial charge in [-0.15, -0.1) is 0 Å². The number of carbonyl (C=O) groups is 2. The third-order valence-corrected chi connectivity index (χ3v) is 4.86. The van der Waals surface area contributed by atoms with Crippen LogP contribution in [-0.4, -0.2) is 29.4 Å². The third-order valence-electron chi connectivity index (χ3n) is 4.86. The largest absolute Gasteiger partial charge is 0.477 e. The van der Waals surface area contributed by atoms with Gasteiger partial charge in [0.1, 0.15) is 6.04 Å². The minimum absolute atomic E-state index is 0.00293. The lowest BCUT2D eigenvalue weighted by Gasteiger charge is -2.24. The molecule has 0 spiro atoms. The second kappa shape index (κ2) is 11.8. The average molecular weight is 398 g/mol. The molecule has 29 heavy (non-hydrogen) atoms. The summed E-state index contributed by atoms with van der Waals surface area (Å²) in [6.45, 7) is 6.94. The van der Waals surface area contributed by atoms with Gasteiger partial charge >= 0.3 is 0 Å². The Labute approximate surface area is 173 Å². The Morgan fingerprint density at radius 3 is 2.55 bits per heavy atom. The molecule has 6 nitrogen and oxygen atoms in total. The number of unbranched alkanes of at least 4 members (excludes halogenated alkanes) is 1. The number of aromatic nitrogens is 1. The van der Waals surface area contributed by atoms with Crippen LogP contribution in [0.25, 0.3) is 0 Å². The number of benzene rings is 1. The first-order chi connectivity index (χ1) is 14.1. The van der Waals surface area contributed by atoms with E-state index >= 15 is 0 Å². The van der Waals surface area contributed by atoms with E-state index < -0.39 is 6.04 Å². The molecule has 0 radical (unpaired) electrons. The Balaban J connectivity index is 2.02. The van der Waals surface area contributed by atoms with Crippen molar-refractivity contribution in [2.75, 3.05) is 6.61 Å². The molecule has 0 saturated heterocycles. The number of pyridine rings is 1. The van der Waals surface area contributed by atoms with E-state index in [1.54, 1.807) is 30.5 Å². The smallest absolute Gasteiger partial charge is 0.251 e. The number of hydrogen-bond acceptors (Lipinski definition) is 4. The van der Waals surface area contributed by atoms with Crippen LogP contribution in [0.2, 0.25) is 0 Å². The molecule has 0 saturated carbocycles. The van der Waals surface area contributed by atoms with Crippen LogP contribution in [0.3, 0.4) is 0 Å². The van der Waals surface area contributed by atoms with Crippen molar-refractivity contribution in [2.45, 2.75) is 52.6 Å². The van der Waals surface area contributed by atoms with Crippen molar-refractivity contribution >= 4 is 11.8 Å². The van der Waals surface area contributed by atoms with E-state index in [-0.39, 0.29) is 17.7 Å². The standard InChI is InChI=1S/C23H31N3O3/c1-4-6-15-29-23-19(13-10-14-24-23)16-25-22(28)20(17(3)5-2)26-21(27)18-11-8-7-9-12-18/h7-14,17,20H,4-6,15-16H2,1-3H3,(H,25,28)(H,26,27). The topological polar surface area (TPSA) is 80.3 Å². The fourth-order valence-electron chi connectivity index (χ4n) is 2.81. The van der Waals surface area contributed by atoms with Crippen molar-refractivity contribution in [1.29, 1.82) is 0 Å². The predicted molar refractivity (Wildman–Crippen MR) is 114 cm³/mol. The Bertz CT molecular complexity index is 780.